The van der Waals surface area contributed by atoms with Crippen LogP contribution in [0, 0.1) is 11.8 Å². The van der Waals surface area contributed by atoms with Crippen molar-refractivity contribution >= 4 is 11.9 Å². The Hall–Kier alpha value is -1.06. The summed E-state index contributed by atoms with van der Waals surface area (Å²) in [5, 5.41) is 0. The van der Waals surface area contributed by atoms with Crippen LogP contribution >= 0.6 is 0 Å². The molecule has 1 unspecified atom stereocenters. The van der Waals surface area contributed by atoms with Crippen molar-refractivity contribution in [3.63, 3.8) is 0 Å². The van der Waals surface area contributed by atoms with Crippen molar-refractivity contribution in [3.8, 4) is 0 Å². The van der Waals surface area contributed by atoms with Crippen molar-refractivity contribution in [2.45, 2.75) is 44.2 Å². The monoisotopic (exact) mass is 223 g/mol. The predicted octanol–water partition coefficient (Wildman–Crippen LogP) is 1.30. The normalized spacial score (nSPS) is 42.7. The fourth-order valence-electron chi connectivity index (χ4n) is 3.73. The SMILES string of the molecule is CN1C(=O)[C@H]2CCCC[C@H]2C12CCC(=O)O2. The Bertz CT molecular complexity index is 354. The maximum absolute atomic E-state index is 12.1. The first-order valence-electron chi connectivity index (χ1n) is 6.15. The van der Waals surface area contributed by atoms with Crippen LogP contribution in [-0.4, -0.2) is 29.5 Å². The summed E-state index contributed by atoms with van der Waals surface area (Å²) >= 11 is 0. The van der Waals surface area contributed by atoms with Gasteiger partial charge in [-0.1, -0.05) is 12.8 Å². The third-order valence-corrected chi connectivity index (χ3v) is 4.54. The molecule has 1 amide bonds. The zero-order valence-corrected chi connectivity index (χ0v) is 9.57. The van der Waals surface area contributed by atoms with Gasteiger partial charge >= 0.3 is 5.97 Å². The lowest BCUT2D eigenvalue weighted by molar-refractivity contribution is -0.171. The van der Waals surface area contributed by atoms with Crippen molar-refractivity contribution in [2.75, 3.05) is 7.05 Å². The number of hydrogen-bond acceptors (Lipinski definition) is 3. The zero-order valence-electron chi connectivity index (χ0n) is 9.57. The van der Waals surface area contributed by atoms with E-state index < -0.39 is 5.72 Å². The summed E-state index contributed by atoms with van der Waals surface area (Å²) in [4.78, 5) is 25.2. The van der Waals surface area contributed by atoms with E-state index in [0.29, 0.717) is 12.8 Å². The molecule has 2 aliphatic heterocycles. The molecule has 0 aromatic carbocycles. The average Bonchev–Trinajstić information content (AvgIpc) is 2.78. The van der Waals surface area contributed by atoms with Crippen molar-refractivity contribution in [1.82, 2.24) is 4.90 Å². The van der Waals surface area contributed by atoms with Crippen molar-refractivity contribution in [1.29, 1.82) is 0 Å². The van der Waals surface area contributed by atoms with Gasteiger partial charge in [-0.05, 0) is 12.8 Å². The number of ether oxygens (including phenoxy) is 1. The first kappa shape index (κ1) is 10.1. The summed E-state index contributed by atoms with van der Waals surface area (Å²) < 4.78 is 5.53. The van der Waals surface area contributed by atoms with E-state index in [9.17, 15) is 9.59 Å². The van der Waals surface area contributed by atoms with Crippen LogP contribution in [0.25, 0.3) is 0 Å². The highest BCUT2D eigenvalue weighted by molar-refractivity contribution is 5.84. The molecule has 16 heavy (non-hydrogen) atoms. The number of likely N-dealkylation sites (tertiary alicyclic amines) is 1. The van der Waals surface area contributed by atoms with Gasteiger partial charge in [0.05, 0.1) is 6.42 Å². The molecule has 0 aromatic rings. The van der Waals surface area contributed by atoms with E-state index in [1.165, 1.54) is 0 Å². The molecule has 1 spiro atoms. The van der Waals surface area contributed by atoms with Gasteiger partial charge in [-0.15, -0.1) is 0 Å². The van der Waals surface area contributed by atoms with Crippen LogP contribution in [0.3, 0.4) is 0 Å². The third-order valence-electron chi connectivity index (χ3n) is 4.54. The van der Waals surface area contributed by atoms with E-state index in [1.807, 2.05) is 0 Å². The van der Waals surface area contributed by atoms with Crippen molar-refractivity contribution in [3.05, 3.63) is 0 Å². The number of rotatable bonds is 0. The quantitative estimate of drug-likeness (QED) is 0.581. The fourth-order valence-corrected chi connectivity index (χ4v) is 3.73. The number of esters is 1. The van der Waals surface area contributed by atoms with Gasteiger partial charge in [-0.2, -0.15) is 0 Å². The molecule has 0 radical (unpaired) electrons. The summed E-state index contributed by atoms with van der Waals surface area (Å²) in [6.07, 6.45) is 5.42. The van der Waals surface area contributed by atoms with Gasteiger partial charge in [-0.3, -0.25) is 9.59 Å². The predicted molar refractivity (Wildman–Crippen MR) is 56.3 cm³/mol. The second kappa shape index (κ2) is 3.22. The van der Waals surface area contributed by atoms with E-state index in [0.717, 1.165) is 25.7 Å². The van der Waals surface area contributed by atoms with Gasteiger partial charge in [-0.25, -0.2) is 0 Å². The number of hydrogen-bond donors (Lipinski definition) is 0. The molecule has 3 atom stereocenters. The van der Waals surface area contributed by atoms with Crippen molar-refractivity contribution in [2.24, 2.45) is 11.8 Å². The molecule has 0 N–H and O–H groups in total. The summed E-state index contributed by atoms with van der Waals surface area (Å²) in [5.74, 6) is 0.375. The molecule has 4 heteroatoms. The third kappa shape index (κ3) is 1.10. The van der Waals surface area contributed by atoms with E-state index in [1.54, 1.807) is 11.9 Å². The average molecular weight is 223 g/mol. The van der Waals surface area contributed by atoms with Crippen LogP contribution < -0.4 is 0 Å². The van der Waals surface area contributed by atoms with E-state index >= 15 is 0 Å². The number of nitrogens with zero attached hydrogens (tertiary/aromatic N) is 1. The van der Waals surface area contributed by atoms with Crippen molar-refractivity contribution < 1.29 is 14.3 Å². The lowest BCUT2D eigenvalue weighted by Crippen LogP contribution is -2.47. The Morgan fingerprint density at radius 3 is 2.75 bits per heavy atom. The van der Waals surface area contributed by atoms with Crippen LogP contribution in [0.1, 0.15) is 38.5 Å². The fraction of sp³-hybridized carbons (Fsp3) is 0.833. The highest BCUT2D eigenvalue weighted by Gasteiger charge is 2.61. The smallest absolute Gasteiger partial charge is 0.308 e. The van der Waals surface area contributed by atoms with Gasteiger partial charge in [0.1, 0.15) is 0 Å². The Morgan fingerprint density at radius 1 is 1.31 bits per heavy atom. The van der Waals surface area contributed by atoms with Gasteiger partial charge in [0.2, 0.25) is 5.91 Å². The Morgan fingerprint density at radius 2 is 2.06 bits per heavy atom. The minimum Gasteiger partial charge on any atom is -0.438 e. The molecule has 2 heterocycles. The van der Waals surface area contributed by atoms with Gasteiger partial charge < -0.3 is 9.64 Å². The molecule has 0 bridgehead atoms. The zero-order chi connectivity index (χ0) is 11.3. The molecule has 1 aliphatic carbocycles. The molecule has 88 valence electrons. The minimum atomic E-state index is -0.584. The molecule has 3 fully saturated rings. The standard InChI is InChI=1S/C12H17NO3/c1-13-11(15)8-4-2-3-5-9(8)12(13)7-6-10(14)16-12/h8-9H,2-7H2,1H3/t8-,9+,12?/m0/s1. The lowest BCUT2D eigenvalue weighted by atomic mass is 9.76. The molecule has 4 nitrogen and oxygen atoms in total. The first-order valence-corrected chi connectivity index (χ1v) is 6.15. The Kier molecular flexibility index (Phi) is 2.03. The Balaban J connectivity index is 1.98. The summed E-state index contributed by atoms with van der Waals surface area (Å²) in [6, 6.07) is 0. The number of fused-ring (bicyclic) bond motifs is 2. The lowest BCUT2D eigenvalue weighted by Gasteiger charge is -2.36. The molecule has 0 aromatic heterocycles. The number of carbonyl (C=O) groups excluding carboxylic acids is 2. The van der Waals surface area contributed by atoms with E-state index in [-0.39, 0.29) is 23.7 Å². The van der Waals surface area contributed by atoms with Crippen LogP contribution in [0.2, 0.25) is 0 Å². The van der Waals surface area contributed by atoms with Crippen LogP contribution in [-0.2, 0) is 14.3 Å². The largest absolute Gasteiger partial charge is 0.438 e. The summed E-state index contributed by atoms with van der Waals surface area (Å²) in [6.45, 7) is 0. The second-order valence-electron chi connectivity index (χ2n) is 5.21. The number of amides is 1. The summed E-state index contributed by atoms with van der Waals surface area (Å²) in [5.41, 5.74) is -0.584. The van der Waals surface area contributed by atoms with Crippen LogP contribution in [0.15, 0.2) is 0 Å². The Labute approximate surface area is 94.9 Å². The highest BCUT2D eigenvalue weighted by Crippen LogP contribution is 2.51. The second-order valence-corrected chi connectivity index (χ2v) is 5.21. The van der Waals surface area contributed by atoms with Gasteiger partial charge in [0.15, 0.2) is 5.72 Å². The molecule has 1 saturated carbocycles. The molecular weight excluding hydrogens is 206 g/mol. The maximum atomic E-state index is 12.1. The first-order chi connectivity index (χ1) is 7.65. The molecular formula is C12H17NO3. The highest BCUT2D eigenvalue weighted by atomic mass is 16.6. The molecule has 3 aliphatic rings. The molecule has 3 rings (SSSR count). The molecule has 2 saturated heterocycles. The van der Waals surface area contributed by atoms with E-state index in [4.69, 9.17) is 4.74 Å². The summed E-state index contributed by atoms with van der Waals surface area (Å²) in [7, 11) is 1.79. The van der Waals surface area contributed by atoms with Gasteiger partial charge in [0.25, 0.3) is 0 Å². The van der Waals surface area contributed by atoms with E-state index in [2.05, 4.69) is 0 Å². The van der Waals surface area contributed by atoms with Crippen LogP contribution in [0.4, 0.5) is 0 Å². The topological polar surface area (TPSA) is 46.6 Å². The van der Waals surface area contributed by atoms with Gasteiger partial charge in [0, 0.05) is 25.3 Å². The van der Waals surface area contributed by atoms with Crippen LogP contribution in [0.5, 0.6) is 0 Å². The maximum Gasteiger partial charge on any atom is 0.308 e. The number of carbonyl (C=O) groups is 2. The minimum absolute atomic E-state index is 0.102.